The van der Waals surface area contributed by atoms with Crippen molar-refractivity contribution >= 4 is 17.5 Å². The van der Waals surface area contributed by atoms with Crippen LogP contribution in [0.4, 0.5) is 0 Å². The van der Waals surface area contributed by atoms with Crippen LogP contribution < -0.4 is 4.74 Å². The van der Waals surface area contributed by atoms with Crippen molar-refractivity contribution in [2.24, 2.45) is 0 Å². The minimum Gasteiger partial charge on any atom is -0.497 e. The normalized spacial score (nSPS) is 14.6. The number of carbonyl (C=O) groups is 1. The van der Waals surface area contributed by atoms with Gasteiger partial charge in [-0.15, -0.1) is 0 Å². The molecule has 1 fully saturated rings. The van der Waals surface area contributed by atoms with Gasteiger partial charge in [0, 0.05) is 32.7 Å². The number of rotatable bonds is 6. The predicted molar refractivity (Wildman–Crippen MR) is 122 cm³/mol. The molecule has 0 bridgehead atoms. The Balaban J connectivity index is 1.35. The van der Waals surface area contributed by atoms with Crippen LogP contribution in [0.5, 0.6) is 5.75 Å². The summed E-state index contributed by atoms with van der Waals surface area (Å²) < 4.78 is 6.85. The number of nitrogens with zero attached hydrogens (tertiary/aromatic N) is 4. The van der Waals surface area contributed by atoms with Crippen molar-refractivity contribution in [2.75, 3.05) is 39.8 Å². The second kappa shape index (κ2) is 9.54. The van der Waals surface area contributed by atoms with Crippen LogP contribution in [-0.2, 0) is 6.42 Å². The molecule has 6 nitrogen and oxygen atoms in total. The zero-order valence-electron chi connectivity index (χ0n) is 17.9. The first-order valence-corrected chi connectivity index (χ1v) is 10.9. The molecule has 0 unspecified atom stereocenters. The number of aromatic nitrogens is 2. The monoisotopic (exact) mass is 438 g/mol. The predicted octanol–water partition coefficient (Wildman–Crippen LogP) is 3.84. The van der Waals surface area contributed by atoms with Crippen LogP contribution in [0.15, 0.2) is 54.6 Å². The van der Waals surface area contributed by atoms with E-state index in [1.165, 1.54) is 5.56 Å². The first kappa shape index (κ1) is 21.4. The summed E-state index contributed by atoms with van der Waals surface area (Å²) >= 11 is 6.58. The molecule has 0 spiro atoms. The minimum atomic E-state index is -0.0421. The lowest BCUT2D eigenvalue weighted by molar-refractivity contribution is 0.0638. The number of hydrogen-bond acceptors (Lipinski definition) is 4. The summed E-state index contributed by atoms with van der Waals surface area (Å²) in [5.41, 5.74) is 3.28. The molecular weight excluding hydrogens is 412 g/mol. The van der Waals surface area contributed by atoms with E-state index >= 15 is 0 Å². The number of para-hydroxylation sites is 1. The molecule has 7 heteroatoms. The molecule has 0 atom stereocenters. The van der Waals surface area contributed by atoms with Crippen molar-refractivity contribution in [3.05, 3.63) is 76.6 Å². The third-order valence-electron chi connectivity index (χ3n) is 5.75. The molecule has 0 saturated carbocycles. The average Bonchev–Trinajstić information content (AvgIpc) is 3.12. The zero-order valence-corrected chi connectivity index (χ0v) is 18.7. The van der Waals surface area contributed by atoms with Gasteiger partial charge in [0.1, 0.15) is 10.9 Å². The maximum absolute atomic E-state index is 13.2. The molecule has 0 aliphatic carbocycles. The lowest BCUT2D eigenvalue weighted by Crippen LogP contribution is -2.49. The van der Waals surface area contributed by atoms with E-state index in [0.29, 0.717) is 29.5 Å². The van der Waals surface area contributed by atoms with E-state index in [1.807, 2.05) is 54.3 Å². The molecule has 4 rings (SSSR count). The van der Waals surface area contributed by atoms with E-state index in [1.54, 1.807) is 11.8 Å². The molecule has 1 amide bonds. The molecule has 1 aliphatic heterocycles. The van der Waals surface area contributed by atoms with Crippen LogP contribution in [0.25, 0.3) is 5.69 Å². The molecule has 1 saturated heterocycles. The summed E-state index contributed by atoms with van der Waals surface area (Å²) in [5, 5.41) is 4.88. The first-order chi connectivity index (χ1) is 15.1. The van der Waals surface area contributed by atoms with Crippen LogP contribution in [0.3, 0.4) is 0 Å². The van der Waals surface area contributed by atoms with Crippen molar-refractivity contribution in [3.63, 3.8) is 0 Å². The fourth-order valence-corrected chi connectivity index (χ4v) is 4.25. The summed E-state index contributed by atoms with van der Waals surface area (Å²) in [6, 6.07) is 17.8. The van der Waals surface area contributed by atoms with Gasteiger partial charge >= 0.3 is 0 Å². The fourth-order valence-electron chi connectivity index (χ4n) is 3.89. The fraction of sp³-hybridized carbons (Fsp3) is 0.333. The van der Waals surface area contributed by atoms with Gasteiger partial charge in [-0.05, 0) is 43.2 Å². The highest BCUT2D eigenvalue weighted by molar-refractivity contribution is 6.33. The Morgan fingerprint density at radius 2 is 1.71 bits per heavy atom. The number of amides is 1. The van der Waals surface area contributed by atoms with Gasteiger partial charge in [0.25, 0.3) is 5.91 Å². The Morgan fingerprint density at radius 3 is 2.35 bits per heavy atom. The Kier molecular flexibility index (Phi) is 6.59. The van der Waals surface area contributed by atoms with Gasteiger partial charge in [-0.25, -0.2) is 4.68 Å². The van der Waals surface area contributed by atoms with Crippen molar-refractivity contribution < 1.29 is 9.53 Å². The molecule has 2 heterocycles. The second-order valence-corrected chi connectivity index (χ2v) is 8.09. The number of methoxy groups -OCH3 is 1. The third-order valence-corrected chi connectivity index (χ3v) is 6.10. The average molecular weight is 439 g/mol. The van der Waals surface area contributed by atoms with Crippen LogP contribution in [0, 0.1) is 6.92 Å². The smallest absolute Gasteiger partial charge is 0.258 e. The van der Waals surface area contributed by atoms with E-state index in [-0.39, 0.29) is 5.91 Å². The Morgan fingerprint density at radius 1 is 1.03 bits per heavy atom. The largest absolute Gasteiger partial charge is 0.497 e. The van der Waals surface area contributed by atoms with E-state index < -0.39 is 0 Å². The van der Waals surface area contributed by atoms with Gasteiger partial charge in [0.05, 0.1) is 24.1 Å². The van der Waals surface area contributed by atoms with Gasteiger partial charge in [0.15, 0.2) is 0 Å². The van der Waals surface area contributed by atoms with Gasteiger partial charge < -0.3 is 9.64 Å². The molecule has 162 valence electrons. The first-order valence-electron chi connectivity index (χ1n) is 10.5. The van der Waals surface area contributed by atoms with E-state index in [2.05, 4.69) is 22.1 Å². The molecule has 0 radical (unpaired) electrons. The number of halogens is 1. The van der Waals surface area contributed by atoms with Crippen LogP contribution >= 0.6 is 11.6 Å². The molecule has 1 aliphatic rings. The highest BCUT2D eigenvalue weighted by Gasteiger charge is 2.28. The maximum Gasteiger partial charge on any atom is 0.258 e. The Bertz CT molecular complexity index is 1030. The van der Waals surface area contributed by atoms with E-state index in [0.717, 1.165) is 37.5 Å². The SMILES string of the molecule is COc1ccc(CCN2CCN(C(=O)c3c(C)nn(-c4ccccc4)c3Cl)CC2)cc1. The van der Waals surface area contributed by atoms with Crippen LogP contribution in [0.1, 0.15) is 21.6 Å². The molecule has 0 N–H and O–H groups in total. The highest BCUT2D eigenvalue weighted by Crippen LogP contribution is 2.25. The van der Waals surface area contributed by atoms with Crippen molar-refractivity contribution in [2.45, 2.75) is 13.3 Å². The molecule has 2 aromatic carbocycles. The lowest BCUT2D eigenvalue weighted by Gasteiger charge is -2.34. The summed E-state index contributed by atoms with van der Waals surface area (Å²) in [6.45, 7) is 5.89. The number of hydrogen-bond donors (Lipinski definition) is 0. The molecular formula is C24H27ClN4O2. The van der Waals surface area contributed by atoms with E-state index in [9.17, 15) is 4.79 Å². The maximum atomic E-state index is 13.2. The third kappa shape index (κ3) is 4.75. The number of carbonyl (C=O) groups excluding carboxylic acids is 1. The number of aryl methyl sites for hydroxylation is 1. The standard InChI is InChI=1S/C24H27ClN4O2/c1-18-22(23(25)29(26-18)20-6-4-3-5-7-20)24(30)28-16-14-27(15-17-28)13-12-19-8-10-21(31-2)11-9-19/h3-11H,12-17H2,1-2H3. The van der Waals surface area contributed by atoms with Gasteiger partial charge in [0.2, 0.25) is 0 Å². The quantitative estimate of drug-likeness (QED) is 0.586. The van der Waals surface area contributed by atoms with Crippen molar-refractivity contribution in [1.82, 2.24) is 19.6 Å². The topological polar surface area (TPSA) is 50.6 Å². The van der Waals surface area contributed by atoms with Gasteiger partial charge in [-0.2, -0.15) is 5.10 Å². The highest BCUT2D eigenvalue weighted by atomic mass is 35.5. The Labute approximate surface area is 188 Å². The van der Waals surface area contributed by atoms with Crippen LogP contribution in [0.2, 0.25) is 5.15 Å². The molecule has 3 aromatic rings. The van der Waals surface area contributed by atoms with Crippen LogP contribution in [-0.4, -0.2) is 65.3 Å². The second-order valence-electron chi connectivity index (χ2n) is 7.73. The van der Waals surface area contributed by atoms with Gasteiger partial charge in [-0.1, -0.05) is 41.9 Å². The zero-order chi connectivity index (χ0) is 21.8. The number of piperazine rings is 1. The summed E-state index contributed by atoms with van der Waals surface area (Å²) in [6.07, 6.45) is 0.979. The number of benzene rings is 2. The Hall–Kier alpha value is -2.83. The summed E-state index contributed by atoms with van der Waals surface area (Å²) in [7, 11) is 1.68. The lowest BCUT2D eigenvalue weighted by atomic mass is 10.1. The van der Waals surface area contributed by atoms with E-state index in [4.69, 9.17) is 16.3 Å². The minimum absolute atomic E-state index is 0.0421. The summed E-state index contributed by atoms with van der Waals surface area (Å²) in [5.74, 6) is 0.833. The van der Waals surface area contributed by atoms with Crippen molar-refractivity contribution in [3.8, 4) is 11.4 Å². The summed E-state index contributed by atoms with van der Waals surface area (Å²) in [4.78, 5) is 17.5. The molecule has 1 aromatic heterocycles. The van der Waals surface area contributed by atoms with Crippen molar-refractivity contribution in [1.29, 1.82) is 0 Å². The number of ether oxygens (including phenoxy) is 1. The van der Waals surface area contributed by atoms with Gasteiger partial charge in [-0.3, -0.25) is 9.69 Å². The molecule has 31 heavy (non-hydrogen) atoms.